The van der Waals surface area contributed by atoms with Crippen LogP contribution in [0, 0.1) is 10.1 Å². The zero-order valence-electron chi connectivity index (χ0n) is 14.4. The van der Waals surface area contributed by atoms with E-state index in [9.17, 15) is 14.9 Å². The number of nitro benzene ring substituents is 1. The number of nitrogens with zero attached hydrogens (tertiary/aromatic N) is 3. The summed E-state index contributed by atoms with van der Waals surface area (Å²) in [5.41, 5.74) is 2.02. The van der Waals surface area contributed by atoms with Crippen LogP contribution in [0.2, 0.25) is 0 Å². The smallest absolute Gasteiger partial charge is 0.270 e. The summed E-state index contributed by atoms with van der Waals surface area (Å²) in [6, 6.07) is 14.6. The van der Waals surface area contributed by atoms with Crippen molar-refractivity contribution in [2.75, 3.05) is 0 Å². The largest absolute Gasteiger partial charge is 0.316 e. The molecule has 3 rings (SSSR count). The number of aryl methyl sites for hydroxylation is 2. The summed E-state index contributed by atoms with van der Waals surface area (Å²) in [6.07, 6.45) is 1.87. The predicted molar refractivity (Wildman–Crippen MR) is 102 cm³/mol. The number of rotatable bonds is 6. The van der Waals surface area contributed by atoms with Crippen molar-refractivity contribution < 1.29 is 9.72 Å². The molecule has 0 bridgehead atoms. The van der Waals surface area contributed by atoms with Gasteiger partial charge in [-0.05, 0) is 24.5 Å². The highest BCUT2D eigenvalue weighted by Crippen LogP contribution is 2.23. The average molecular weight is 369 g/mol. The highest BCUT2D eigenvalue weighted by atomic mass is 32.1. The first-order valence-electron chi connectivity index (χ1n) is 8.47. The Morgan fingerprint density at radius 3 is 2.69 bits per heavy atom. The van der Waals surface area contributed by atoms with Gasteiger partial charge < -0.3 is 4.57 Å². The molecule has 2 aromatic carbocycles. The molecule has 7 heteroatoms. The number of nitro groups is 1. The molecular weight excluding hydrogens is 350 g/mol. The first-order chi connectivity index (χ1) is 12.6. The van der Waals surface area contributed by atoms with Crippen LogP contribution in [-0.2, 0) is 17.8 Å². The Hall–Kier alpha value is -2.80. The molecule has 6 nitrogen and oxygen atoms in total. The van der Waals surface area contributed by atoms with Crippen molar-refractivity contribution in [2.45, 2.75) is 32.7 Å². The monoisotopic (exact) mass is 369 g/mol. The molecule has 0 fully saturated rings. The second kappa shape index (κ2) is 8.05. The second-order valence-corrected chi connectivity index (χ2v) is 6.95. The Bertz CT molecular complexity index is 1010. The van der Waals surface area contributed by atoms with E-state index in [1.807, 2.05) is 41.8 Å². The van der Waals surface area contributed by atoms with Crippen molar-refractivity contribution in [1.29, 1.82) is 0 Å². The lowest BCUT2D eigenvalue weighted by atomic mass is 10.1. The summed E-state index contributed by atoms with van der Waals surface area (Å²) in [5.74, 6) is -0.181. The fourth-order valence-electron chi connectivity index (χ4n) is 2.76. The van der Waals surface area contributed by atoms with Crippen molar-refractivity contribution in [3.63, 3.8) is 0 Å². The van der Waals surface area contributed by atoms with Crippen molar-refractivity contribution in [3.8, 4) is 0 Å². The van der Waals surface area contributed by atoms with Crippen LogP contribution in [0.3, 0.4) is 0 Å². The van der Waals surface area contributed by atoms with E-state index in [2.05, 4.69) is 4.99 Å². The molecule has 0 spiro atoms. The van der Waals surface area contributed by atoms with Crippen LogP contribution in [0.15, 0.2) is 53.5 Å². The maximum absolute atomic E-state index is 12.3. The summed E-state index contributed by atoms with van der Waals surface area (Å²) < 4.78 is 2.73. The van der Waals surface area contributed by atoms with Crippen LogP contribution in [-0.4, -0.2) is 15.4 Å². The summed E-state index contributed by atoms with van der Waals surface area (Å²) in [5, 5.41) is 11.0. The minimum Gasteiger partial charge on any atom is -0.316 e. The van der Waals surface area contributed by atoms with Gasteiger partial charge >= 0.3 is 0 Å². The lowest BCUT2D eigenvalue weighted by molar-refractivity contribution is -0.384. The Labute approximate surface area is 154 Å². The van der Waals surface area contributed by atoms with Gasteiger partial charge in [-0.1, -0.05) is 48.6 Å². The van der Waals surface area contributed by atoms with E-state index < -0.39 is 4.92 Å². The van der Waals surface area contributed by atoms with E-state index in [0.717, 1.165) is 22.2 Å². The lowest BCUT2D eigenvalue weighted by Crippen LogP contribution is -2.17. The number of benzene rings is 2. The van der Waals surface area contributed by atoms with Gasteiger partial charge in [0.1, 0.15) is 0 Å². The van der Waals surface area contributed by atoms with Gasteiger partial charge in [0.05, 0.1) is 15.1 Å². The van der Waals surface area contributed by atoms with Gasteiger partial charge in [-0.2, -0.15) is 4.99 Å². The quantitative estimate of drug-likeness (QED) is 0.485. The molecule has 26 heavy (non-hydrogen) atoms. The molecule has 0 N–H and O–H groups in total. The average Bonchev–Trinajstić information content (AvgIpc) is 2.97. The maximum atomic E-state index is 12.3. The topological polar surface area (TPSA) is 77.5 Å². The molecule has 0 radical (unpaired) electrons. The van der Waals surface area contributed by atoms with Crippen LogP contribution in [0.25, 0.3) is 10.2 Å². The highest BCUT2D eigenvalue weighted by molar-refractivity contribution is 7.16. The molecule has 1 aromatic heterocycles. The van der Waals surface area contributed by atoms with Crippen molar-refractivity contribution >= 4 is 33.1 Å². The fraction of sp³-hybridized carbons (Fsp3) is 0.263. The third-order valence-corrected chi connectivity index (χ3v) is 5.06. The zero-order valence-corrected chi connectivity index (χ0v) is 15.2. The van der Waals surface area contributed by atoms with E-state index in [1.165, 1.54) is 17.4 Å². The van der Waals surface area contributed by atoms with E-state index in [1.54, 1.807) is 12.1 Å². The van der Waals surface area contributed by atoms with E-state index in [-0.39, 0.29) is 11.6 Å². The van der Waals surface area contributed by atoms with Crippen LogP contribution < -0.4 is 4.80 Å². The summed E-state index contributed by atoms with van der Waals surface area (Å²) in [6.45, 7) is 2.76. The third kappa shape index (κ3) is 4.05. The highest BCUT2D eigenvalue weighted by Gasteiger charge is 2.12. The number of carbonyl (C=O) groups is 1. The molecule has 0 saturated heterocycles. The van der Waals surface area contributed by atoms with Gasteiger partial charge in [0.25, 0.3) is 5.69 Å². The molecule has 0 aliphatic carbocycles. The zero-order chi connectivity index (χ0) is 18.5. The molecular formula is C19H19N3O3S. The number of aromatic nitrogens is 1. The molecule has 134 valence electrons. The lowest BCUT2D eigenvalue weighted by Gasteiger charge is -2.02. The number of hydrogen-bond acceptors (Lipinski definition) is 4. The molecule has 1 amide bonds. The predicted octanol–water partition coefficient (Wildman–Crippen LogP) is 4.08. The van der Waals surface area contributed by atoms with E-state index >= 15 is 0 Å². The van der Waals surface area contributed by atoms with Crippen molar-refractivity contribution in [1.82, 2.24) is 4.57 Å². The van der Waals surface area contributed by atoms with Gasteiger partial charge in [-0.15, -0.1) is 0 Å². The summed E-state index contributed by atoms with van der Waals surface area (Å²) in [7, 11) is 0. The Morgan fingerprint density at radius 2 is 2.00 bits per heavy atom. The number of thiazole rings is 1. The molecule has 0 saturated carbocycles. The SMILES string of the molecule is CCCn1c(=NC(=O)CCc2ccccc2)sc2cc([N+](=O)[O-])ccc21. The van der Waals surface area contributed by atoms with E-state index in [4.69, 9.17) is 0 Å². The molecule has 0 unspecified atom stereocenters. The van der Waals surface area contributed by atoms with Crippen molar-refractivity contribution in [2.24, 2.45) is 4.99 Å². The fourth-order valence-corrected chi connectivity index (χ4v) is 3.87. The Kier molecular flexibility index (Phi) is 5.58. The molecule has 0 aliphatic rings. The number of hydrogen-bond donors (Lipinski definition) is 0. The Balaban J connectivity index is 1.91. The van der Waals surface area contributed by atoms with Crippen LogP contribution >= 0.6 is 11.3 Å². The number of amides is 1. The second-order valence-electron chi connectivity index (χ2n) is 5.94. The summed E-state index contributed by atoms with van der Waals surface area (Å²) in [4.78, 5) is 27.8. The maximum Gasteiger partial charge on any atom is 0.270 e. The van der Waals surface area contributed by atoms with Crippen molar-refractivity contribution in [3.05, 3.63) is 69.0 Å². The standard InChI is InChI=1S/C19H19N3O3S/c1-2-12-21-16-10-9-15(22(24)25)13-17(16)26-19(21)20-18(23)11-8-14-6-4-3-5-7-14/h3-7,9-10,13H,2,8,11-12H2,1H3. The van der Waals surface area contributed by atoms with Gasteiger partial charge in [-0.3, -0.25) is 14.9 Å². The van der Waals surface area contributed by atoms with Gasteiger partial charge in [0, 0.05) is 25.1 Å². The normalized spacial score (nSPS) is 11.8. The molecule has 3 aromatic rings. The molecule has 1 heterocycles. The summed E-state index contributed by atoms with van der Waals surface area (Å²) >= 11 is 1.32. The van der Waals surface area contributed by atoms with Crippen LogP contribution in [0.4, 0.5) is 5.69 Å². The number of non-ortho nitro benzene ring substituents is 1. The number of fused-ring (bicyclic) bond motifs is 1. The first kappa shape index (κ1) is 18.0. The molecule has 0 atom stereocenters. The molecule has 0 aliphatic heterocycles. The van der Waals surface area contributed by atoms with E-state index in [0.29, 0.717) is 24.2 Å². The van der Waals surface area contributed by atoms with Gasteiger partial charge in [0.2, 0.25) is 5.91 Å². The van der Waals surface area contributed by atoms with Gasteiger partial charge in [-0.25, -0.2) is 0 Å². The number of carbonyl (C=O) groups excluding carboxylic acids is 1. The van der Waals surface area contributed by atoms with Gasteiger partial charge in [0.15, 0.2) is 4.80 Å². The minimum atomic E-state index is -0.412. The minimum absolute atomic E-state index is 0.0457. The first-order valence-corrected chi connectivity index (χ1v) is 9.29. The third-order valence-electron chi connectivity index (χ3n) is 4.02. The Morgan fingerprint density at radius 1 is 1.23 bits per heavy atom. The van der Waals surface area contributed by atoms with Crippen LogP contribution in [0.1, 0.15) is 25.3 Å². The van der Waals surface area contributed by atoms with Crippen LogP contribution in [0.5, 0.6) is 0 Å².